The Morgan fingerprint density at radius 2 is 1.67 bits per heavy atom. The van der Waals surface area contributed by atoms with Crippen molar-refractivity contribution in [3.8, 4) is 6.07 Å². The molecule has 6 nitrogen and oxygen atoms in total. The van der Waals surface area contributed by atoms with Gasteiger partial charge in [-0.3, -0.25) is 9.20 Å². The Hall–Kier alpha value is -4.63. The largest absolute Gasteiger partial charge is 0.469 e. The quantitative estimate of drug-likeness (QED) is 0.272. The zero-order chi connectivity index (χ0) is 25.1. The van der Waals surface area contributed by atoms with Crippen LogP contribution in [-0.2, 0) is 16.0 Å². The number of para-hydroxylation sites is 3. The van der Waals surface area contributed by atoms with Crippen LogP contribution in [0.2, 0.25) is 0 Å². The lowest BCUT2D eigenvalue weighted by molar-refractivity contribution is -0.140. The number of ether oxygens (including phenoxy) is 1. The maximum absolute atomic E-state index is 12.2. The molecule has 0 radical (unpaired) electrons. The smallest absolute Gasteiger partial charge is 0.307 e. The van der Waals surface area contributed by atoms with Crippen LogP contribution in [0.5, 0.6) is 0 Å². The third-order valence-electron chi connectivity index (χ3n) is 6.52. The average Bonchev–Trinajstić information content (AvgIpc) is 3.30. The molecule has 3 aromatic carbocycles. The lowest BCUT2D eigenvalue weighted by Gasteiger charge is -2.30. The van der Waals surface area contributed by atoms with Crippen LogP contribution in [0.1, 0.15) is 28.7 Å². The summed E-state index contributed by atoms with van der Waals surface area (Å²) < 4.78 is 7.05. The second-order valence-electron chi connectivity index (χ2n) is 8.65. The molecule has 0 saturated heterocycles. The van der Waals surface area contributed by atoms with Gasteiger partial charge in [-0.1, -0.05) is 60.7 Å². The van der Waals surface area contributed by atoms with Gasteiger partial charge in [-0.2, -0.15) is 5.26 Å². The zero-order valence-corrected chi connectivity index (χ0v) is 20.3. The number of carbonyl (C=O) groups is 1. The zero-order valence-electron chi connectivity index (χ0n) is 20.3. The number of aromatic nitrogens is 2. The Bertz CT molecular complexity index is 1580. The van der Waals surface area contributed by atoms with Crippen LogP contribution in [0.4, 0.5) is 11.5 Å². The maximum atomic E-state index is 12.2. The van der Waals surface area contributed by atoms with Crippen molar-refractivity contribution in [3.05, 3.63) is 107 Å². The van der Waals surface area contributed by atoms with Gasteiger partial charge in [0, 0.05) is 24.2 Å². The van der Waals surface area contributed by atoms with E-state index >= 15 is 0 Å². The molecule has 0 aliphatic rings. The van der Waals surface area contributed by atoms with Gasteiger partial charge in [0.15, 0.2) is 5.65 Å². The van der Waals surface area contributed by atoms with E-state index in [1.807, 2.05) is 79.7 Å². The van der Waals surface area contributed by atoms with Crippen molar-refractivity contribution >= 4 is 34.2 Å². The molecule has 0 aliphatic heterocycles. The number of nitriles is 1. The Morgan fingerprint density at radius 3 is 2.36 bits per heavy atom. The molecule has 0 aliphatic carbocycles. The van der Waals surface area contributed by atoms with Crippen molar-refractivity contribution in [2.75, 3.05) is 18.6 Å². The van der Waals surface area contributed by atoms with Crippen molar-refractivity contribution < 1.29 is 9.53 Å². The minimum Gasteiger partial charge on any atom is -0.469 e. The second-order valence-corrected chi connectivity index (χ2v) is 8.65. The average molecular weight is 475 g/mol. The summed E-state index contributed by atoms with van der Waals surface area (Å²) in [6, 6.07) is 30.5. The summed E-state index contributed by atoms with van der Waals surface area (Å²) in [5, 5.41) is 10.2. The van der Waals surface area contributed by atoms with Gasteiger partial charge >= 0.3 is 5.97 Å². The first-order valence-corrected chi connectivity index (χ1v) is 11.9. The molecular weight excluding hydrogens is 448 g/mol. The van der Waals surface area contributed by atoms with Crippen molar-refractivity contribution in [2.24, 2.45) is 0 Å². The number of nitrogens with zero attached hydrogens (tertiary/aromatic N) is 4. The van der Waals surface area contributed by atoms with E-state index in [9.17, 15) is 10.1 Å². The number of fused-ring (bicyclic) bond motifs is 3. The first kappa shape index (κ1) is 23.1. The highest BCUT2D eigenvalue weighted by atomic mass is 16.5. The van der Waals surface area contributed by atoms with Crippen LogP contribution < -0.4 is 4.90 Å². The number of pyridine rings is 1. The summed E-state index contributed by atoms with van der Waals surface area (Å²) in [7, 11) is 1.41. The van der Waals surface area contributed by atoms with Crippen LogP contribution in [-0.4, -0.2) is 29.0 Å². The topological polar surface area (TPSA) is 70.6 Å². The first-order chi connectivity index (χ1) is 17.6. The minimum atomic E-state index is -0.280. The molecule has 36 heavy (non-hydrogen) atoms. The monoisotopic (exact) mass is 474 g/mol. The minimum absolute atomic E-state index is 0.212. The van der Waals surface area contributed by atoms with Crippen LogP contribution >= 0.6 is 0 Å². The number of anilines is 2. The summed E-state index contributed by atoms with van der Waals surface area (Å²) in [6.07, 6.45) is 0.837. The predicted octanol–water partition coefficient (Wildman–Crippen LogP) is 5.96. The third kappa shape index (κ3) is 4.16. The lowest BCUT2D eigenvalue weighted by atomic mass is 9.97. The van der Waals surface area contributed by atoms with Crippen LogP contribution in [0.15, 0.2) is 84.9 Å². The fraction of sp³-hybridized carbons (Fsp3) is 0.167. The van der Waals surface area contributed by atoms with E-state index in [4.69, 9.17) is 9.72 Å². The first-order valence-electron chi connectivity index (χ1n) is 11.9. The van der Waals surface area contributed by atoms with Gasteiger partial charge in [-0.15, -0.1) is 0 Å². The van der Waals surface area contributed by atoms with E-state index in [0.717, 1.165) is 39.2 Å². The van der Waals surface area contributed by atoms with Gasteiger partial charge in [0.05, 0.1) is 30.1 Å². The van der Waals surface area contributed by atoms with E-state index in [2.05, 4.69) is 27.5 Å². The summed E-state index contributed by atoms with van der Waals surface area (Å²) in [4.78, 5) is 19.2. The molecule has 0 saturated carbocycles. The van der Waals surface area contributed by atoms with E-state index in [1.54, 1.807) is 0 Å². The molecule has 5 rings (SSSR count). The normalized spacial score (nSPS) is 10.9. The van der Waals surface area contributed by atoms with E-state index in [0.29, 0.717) is 24.2 Å². The highest BCUT2D eigenvalue weighted by molar-refractivity contribution is 5.87. The molecule has 0 N–H and O–H groups in total. The van der Waals surface area contributed by atoms with E-state index in [1.165, 1.54) is 7.11 Å². The van der Waals surface area contributed by atoms with Gasteiger partial charge in [0.2, 0.25) is 0 Å². The SMILES string of the molecule is COC(=O)CCN(c1ccccc1)c1c(Cc2ccccc2)c(C)c(C#N)c2nc3ccccc3n12. The van der Waals surface area contributed by atoms with Gasteiger partial charge in [-0.25, -0.2) is 4.98 Å². The third-order valence-corrected chi connectivity index (χ3v) is 6.52. The molecule has 0 bridgehead atoms. The predicted molar refractivity (Wildman–Crippen MR) is 141 cm³/mol. The Balaban J connectivity index is 1.87. The van der Waals surface area contributed by atoms with Gasteiger partial charge in [0.1, 0.15) is 11.9 Å². The van der Waals surface area contributed by atoms with E-state index in [-0.39, 0.29) is 12.4 Å². The Labute approximate surface area is 210 Å². The molecule has 0 spiro atoms. The molecule has 6 heteroatoms. The maximum Gasteiger partial charge on any atom is 0.307 e. The number of esters is 1. The highest BCUT2D eigenvalue weighted by Crippen LogP contribution is 2.37. The number of hydrogen-bond acceptors (Lipinski definition) is 5. The summed E-state index contributed by atoms with van der Waals surface area (Å²) in [5.74, 6) is 0.617. The van der Waals surface area contributed by atoms with Crippen molar-refractivity contribution in [1.29, 1.82) is 5.26 Å². The summed E-state index contributed by atoms with van der Waals surface area (Å²) in [6.45, 7) is 2.40. The molecule has 0 fully saturated rings. The number of methoxy groups -OCH3 is 1. The summed E-state index contributed by atoms with van der Waals surface area (Å²) >= 11 is 0. The van der Waals surface area contributed by atoms with Crippen LogP contribution in [0.3, 0.4) is 0 Å². The van der Waals surface area contributed by atoms with E-state index < -0.39 is 0 Å². The molecule has 178 valence electrons. The highest BCUT2D eigenvalue weighted by Gasteiger charge is 2.26. The molecule has 0 unspecified atom stereocenters. The number of hydrogen-bond donors (Lipinski definition) is 0. The summed E-state index contributed by atoms with van der Waals surface area (Å²) in [5.41, 5.74) is 6.87. The van der Waals surface area contributed by atoms with Crippen LogP contribution in [0.25, 0.3) is 16.7 Å². The molecule has 2 heterocycles. The van der Waals surface area contributed by atoms with Gasteiger partial charge < -0.3 is 9.64 Å². The molecule has 2 aromatic heterocycles. The molecule has 5 aromatic rings. The van der Waals surface area contributed by atoms with Crippen molar-refractivity contribution in [2.45, 2.75) is 19.8 Å². The molecule has 0 atom stereocenters. The Morgan fingerprint density at radius 1 is 1.00 bits per heavy atom. The van der Waals surface area contributed by atoms with Gasteiger partial charge in [-0.05, 0) is 42.3 Å². The van der Waals surface area contributed by atoms with Gasteiger partial charge in [0.25, 0.3) is 0 Å². The van der Waals surface area contributed by atoms with Crippen molar-refractivity contribution in [3.63, 3.8) is 0 Å². The molecule has 0 amide bonds. The molecular formula is C30H26N4O2. The fourth-order valence-corrected chi connectivity index (χ4v) is 4.73. The van der Waals surface area contributed by atoms with Crippen LogP contribution in [0, 0.1) is 18.3 Å². The number of carbonyl (C=O) groups excluding carboxylic acids is 1. The number of imidazole rings is 1. The fourth-order valence-electron chi connectivity index (χ4n) is 4.73. The lowest BCUT2D eigenvalue weighted by Crippen LogP contribution is -2.26. The standard InChI is InChI=1S/C30H26N4O2/c1-21-24(19-22-11-5-3-6-12-22)30(33(18-17-28(35)36-2)23-13-7-4-8-14-23)34-27-16-10-9-15-26(27)32-29(34)25(21)20-31/h3-16H,17-19H2,1-2H3. The van der Waals surface area contributed by atoms with Crippen molar-refractivity contribution in [1.82, 2.24) is 9.38 Å². The number of benzene rings is 3. The number of rotatable bonds is 7. The Kier molecular flexibility index (Phi) is 6.38. The second kappa shape index (κ2) is 9.93.